The Hall–Kier alpha value is -0.610. The molecule has 0 aromatic carbocycles. The molecule has 1 amide bonds. The summed E-state index contributed by atoms with van der Waals surface area (Å²) in [5.41, 5.74) is 4.77. The Morgan fingerprint density at radius 1 is 1.78 bits per heavy atom. The van der Waals surface area contributed by atoms with E-state index in [0.717, 1.165) is 0 Å². The number of aliphatic hydroxyl groups excluding tert-OH is 1. The number of hydrogen-bond acceptors (Lipinski definition) is 3. The number of primary amides is 1. The van der Waals surface area contributed by atoms with E-state index in [9.17, 15) is 4.79 Å². The molecule has 1 unspecified atom stereocenters. The molecule has 0 saturated heterocycles. The largest absolute Gasteiger partial charge is 0.382 e. The lowest BCUT2D eigenvalue weighted by atomic mass is 10.3. The summed E-state index contributed by atoms with van der Waals surface area (Å²) < 4.78 is 0. The van der Waals surface area contributed by atoms with Gasteiger partial charge in [0.25, 0.3) is 0 Å². The average molecular weight is 132 g/mol. The second-order valence-corrected chi connectivity index (χ2v) is 2.18. The van der Waals surface area contributed by atoms with Gasteiger partial charge in [0.05, 0.1) is 0 Å². The molecule has 9 heavy (non-hydrogen) atoms. The second kappa shape index (κ2) is 3.42. The van der Waals surface area contributed by atoms with Gasteiger partial charge < -0.3 is 15.7 Å². The molecule has 0 bridgehead atoms. The van der Waals surface area contributed by atoms with Crippen LogP contribution in [-0.2, 0) is 4.79 Å². The van der Waals surface area contributed by atoms with Gasteiger partial charge in [-0.05, 0) is 14.1 Å². The summed E-state index contributed by atoms with van der Waals surface area (Å²) in [6.07, 6.45) is -1.04. The number of nitrogens with two attached hydrogens (primary N) is 1. The van der Waals surface area contributed by atoms with E-state index in [2.05, 4.69) is 0 Å². The van der Waals surface area contributed by atoms with Crippen molar-refractivity contribution in [2.45, 2.75) is 6.10 Å². The Bertz CT molecular complexity index is 103. The van der Waals surface area contributed by atoms with Crippen LogP contribution < -0.4 is 5.73 Å². The molecule has 0 saturated carbocycles. The van der Waals surface area contributed by atoms with E-state index >= 15 is 0 Å². The maximum Gasteiger partial charge on any atom is 0.247 e. The van der Waals surface area contributed by atoms with Crippen molar-refractivity contribution in [2.75, 3.05) is 20.6 Å². The highest BCUT2D eigenvalue weighted by Gasteiger charge is 2.10. The monoisotopic (exact) mass is 132 g/mol. The summed E-state index contributed by atoms with van der Waals surface area (Å²) in [5, 5.41) is 8.78. The van der Waals surface area contributed by atoms with Crippen LogP contribution in [0.15, 0.2) is 0 Å². The van der Waals surface area contributed by atoms with Crippen molar-refractivity contribution >= 4 is 5.91 Å². The predicted octanol–water partition coefficient (Wildman–Crippen LogP) is -1.61. The highest BCUT2D eigenvalue weighted by atomic mass is 16.3. The van der Waals surface area contributed by atoms with Crippen molar-refractivity contribution in [1.82, 2.24) is 4.90 Å². The van der Waals surface area contributed by atoms with Crippen molar-refractivity contribution in [1.29, 1.82) is 0 Å². The van der Waals surface area contributed by atoms with Gasteiger partial charge >= 0.3 is 0 Å². The van der Waals surface area contributed by atoms with Gasteiger partial charge in [0.1, 0.15) is 6.10 Å². The van der Waals surface area contributed by atoms with Gasteiger partial charge in [-0.2, -0.15) is 0 Å². The molecule has 0 aliphatic rings. The SMILES string of the molecule is CN(C)CC(O)C(N)=O. The zero-order chi connectivity index (χ0) is 7.44. The third kappa shape index (κ3) is 3.93. The van der Waals surface area contributed by atoms with Crippen molar-refractivity contribution in [3.8, 4) is 0 Å². The van der Waals surface area contributed by atoms with Crippen molar-refractivity contribution in [2.24, 2.45) is 5.73 Å². The minimum Gasteiger partial charge on any atom is -0.382 e. The third-order valence-electron chi connectivity index (χ3n) is 0.867. The second-order valence-electron chi connectivity index (χ2n) is 2.18. The summed E-state index contributed by atoms with van der Waals surface area (Å²) in [6, 6.07) is 0. The number of aliphatic hydroxyl groups is 1. The summed E-state index contributed by atoms with van der Waals surface area (Å²) >= 11 is 0. The molecule has 0 aliphatic heterocycles. The quantitative estimate of drug-likeness (QED) is 0.485. The van der Waals surface area contributed by atoms with E-state index < -0.39 is 12.0 Å². The summed E-state index contributed by atoms with van der Waals surface area (Å²) in [4.78, 5) is 11.9. The number of amides is 1. The summed E-state index contributed by atoms with van der Waals surface area (Å²) in [7, 11) is 3.51. The van der Waals surface area contributed by atoms with Crippen LogP contribution in [0.25, 0.3) is 0 Å². The van der Waals surface area contributed by atoms with Crippen molar-refractivity contribution in [3.05, 3.63) is 0 Å². The highest BCUT2D eigenvalue weighted by Crippen LogP contribution is 1.82. The number of carbonyl (C=O) groups is 1. The molecular formula is C5H12N2O2. The topological polar surface area (TPSA) is 66.6 Å². The number of rotatable bonds is 3. The first-order chi connectivity index (χ1) is 4.04. The first kappa shape index (κ1) is 8.39. The molecular weight excluding hydrogens is 120 g/mol. The smallest absolute Gasteiger partial charge is 0.247 e. The zero-order valence-corrected chi connectivity index (χ0v) is 5.66. The maximum absolute atomic E-state index is 10.2. The lowest BCUT2D eigenvalue weighted by molar-refractivity contribution is -0.126. The third-order valence-corrected chi connectivity index (χ3v) is 0.867. The van der Waals surface area contributed by atoms with Gasteiger partial charge in [0.2, 0.25) is 5.91 Å². The fraction of sp³-hybridized carbons (Fsp3) is 0.800. The Kier molecular flexibility index (Phi) is 3.19. The minimum atomic E-state index is -1.04. The van der Waals surface area contributed by atoms with Crippen LogP contribution in [0.4, 0.5) is 0 Å². The molecule has 0 rings (SSSR count). The van der Waals surface area contributed by atoms with E-state index in [1.54, 1.807) is 19.0 Å². The Morgan fingerprint density at radius 2 is 2.22 bits per heavy atom. The van der Waals surface area contributed by atoms with E-state index in [-0.39, 0.29) is 6.54 Å². The Balaban J connectivity index is 3.50. The molecule has 3 N–H and O–H groups in total. The molecule has 0 spiro atoms. The van der Waals surface area contributed by atoms with Crippen molar-refractivity contribution < 1.29 is 9.90 Å². The van der Waals surface area contributed by atoms with Crippen LogP contribution in [0.5, 0.6) is 0 Å². The number of nitrogens with zero attached hydrogens (tertiary/aromatic N) is 1. The molecule has 0 heterocycles. The number of carbonyl (C=O) groups excluding carboxylic acids is 1. The van der Waals surface area contributed by atoms with Gasteiger partial charge in [-0.3, -0.25) is 4.79 Å². The van der Waals surface area contributed by atoms with Gasteiger partial charge in [-0.25, -0.2) is 0 Å². The molecule has 0 fully saturated rings. The van der Waals surface area contributed by atoms with Gasteiger partial charge in [0.15, 0.2) is 0 Å². The first-order valence-electron chi connectivity index (χ1n) is 2.66. The van der Waals surface area contributed by atoms with Gasteiger partial charge in [0, 0.05) is 6.54 Å². The van der Waals surface area contributed by atoms with E-state index in [0.29, 0.717) is 0 Å². The Morgan fingerprint density at radius 3 is 2.33 bits per heavy atom. The minimum absolute atomic E-state index is 0.287. The van der Waals surface area contributed by atoms with Crippen LogP contribution in [0.3, 0.4) is 0 Å². The summed E-state index contributed by atoms with van der Waals surface area (Å²) in [5.74, 6) is -0.677. The molecule has 0 aromatic heterocycles. The summed E-state index contributed by atoms with van der Waals surface area (Å²) in [6.45, 7) is 0.287. The Labute approximate surface area is 54.3 Å². The molecule has 54 valence electrons. The molecule has 0 aliphatic carbocycles. The average Bonchev–Trinajstić information content (AvgIpc) is 1.63. The fourth-order valence-corrected chi connectivity index (χ4v) is 0.436. The molecule has 0 radical (unpaired) electrons. The number of hydrogen-bond donors (Lipinski definition) is 2. The van der Waals surface area contributed by atoms with Crippen molar-refractivity contribution in [3.63, 3.8) is 0 Å². The van der Waals surface area contributed by atoms with E-state index in [1.807, 2.05) is 0 Å². The zero-order valence-electron chi connectivity index (χ0n) is 5.66. The van der Waals surface area contributed by atoms with Crippen LogP contribution in [0, 0.1) is 0 Å². The van der Waals surface area contributed by atoms with E-state index in [1.165, 1.54) is 0 Å². The standard InChI is InChI=1S/C5H12N2O2/c1-7(2)3-4(8)5(6)9/h4,8H,3H2,1-2H3,(H2,6,9). The maximum atomic E-state index is 10.2. The van der Waals surface area contributed by atoms with Crippen LogP contribution in [0.1, 0.15) is 0 Å². The van der Waals surface area contributed by atoms with Crippen LogP contribution in [-0.4, -0.2) is 42.7 Å². The molecule has 4 heteroatoms. The molecule has 0 aromatic rings. The van der Waals surface area contributed by atoms with Gasteiger partial charge in [-0.1, -0.05) is 0 Å². The van der Waals surface area contributed by atoms with Crippen LogP contribution >= 0.6 is 0 Å². The lowest BCUT2D eigenvalue weighted by Crippen LogP contribution is -2.37. The van der Waals surface area contributed by atoms with Crippen LogP contribution in [0.2, 0.25) is 0 Å². The number of likely N-dealkylation sites (N-methyl/N-ethyl adjacent to an activating group) is 1. The molecule has 1 atom stereocenters. The lowest BCUT2D eigenvalue weighted by Gasteiger charge is -2.11. The highest BCUT2D eigenvalue weighted by molar-refractivity contribution is 5.78. The first-order valence-corrected chi connectivity index (χ1v) is 2.66. The molecule has 4 nitrogen and oxygen atoms in total. The van der Waals surface area contributed by atoms with E-state index in [4.69, 9.17) is 10.8 Å². The van der Waals surface area contributed by atoms with Gasteiger partial charge in [-0.15, -0.1) is 0 Å². The fourth-order valence-electron chi connectivity index (χ4n) is 0.436. The normalized spacial score (nSPS) is 13.8. The predicted molar refractivity (Wildman–Crippen MR) is 33.8 cm³/mol.